The Bertz CT molecular complexity index is 794. The molecule has 0 aromatic heterocycles. The molecule has 1 unspecified atom stereocenters. The zero-order valence-electron chi connectivity index (χ0n) is 13.1. The predicted octanol–water partition coefficient (Wildman–Crippen LogP) is 0.661. The standard InChI is InChI=1S/C14H21N3O4S2.ClH/c15-10-12-3-2-8-17(12)23(20,21)14-5-1-4-13(9-14)22(18,19)16-11-6-7-11;/h1,4-5,9,11-12,16H,2-3,6-8,10,15H2;1H. The second-order valence-electron chi connectivity index (χ2n) is 6.02. The van der Waals surface area contributed by atoms with E-state index in [4.69, 9.17) is 5.73 Å². The molecule has 0 spiro atoms. The normalized spacial score (nSPS) is 22.3. The lowest BCUT2D eigenvalue weighted by atomic mass is 10.2. The first-order valence-electron chi connectivity index (χ1n) is 7.69. The summed E-state index contributed by atoms with van der Waals surface area (Å²) in [5, 5.41) is 0. The van der Waals surface area contributed by atoms with Gasteiger partial charge in [-0.25, -0.2) is 21.6 Å². The molecule has 7 nitrogen and oxygen atoms in total. The molecule has 1 saturated carbocycles. The molecule has 2 aliphatic rings. The Morgan fingerprint density at radius 2 is 1.79 bits per heavy atom. The topological polar surface area (TPSA) is 110 Å². The number of sulfonamides is 2. The molecule has 0 radical (unpaired) electrons. The molecule has 1 aromatic rings. The Morgan fingerprint density at radius 1 is 1.12 bits per heavy atom. The van der Waals surface area contributed by atoms with E-state index in [0.29, 0.717) is 6.54 Å². The number of hydrogen-bond donors (Lipinski definition) is 2. The third-order valence-corrected chi connectivity index (χ3v) is 7.68. The molecule has 3 rings (SSSR count). The molecule has 1 aromatic carbocycles. The summed E-state index contributed by atoms with van der Waals surface area (Å²) >= 11 is 0. The van der Waals surface area contributed by atoms with Gasteiger partial charge in [-0.2, -0.15) is 4.31 Å². The average molecular weight is 396 g/mol. The fourth-order valence-corrected chi connectivity index (χ4v) is 5.96. The van der Waals surface area contributed by atoms with Crippen molar-refractivity contribution in [2.75, 3.05) is 13.1 Å². The molecule has 136 valence electrons. The van der Waals surface area contributed by atoms with E-state index in [1.165, 1.54) is 28.6 Å². The van der Waals surface area contributed by atoms with Crippen molar-refractivity contribution in [2.45, 2.75) is 47.6 Å². The summed E-state index contributed by atoms with van der Waals surface area (Å²) < 4.78 is 54.0. The van der Waals surface area contributed by atoms with Crippen molar-refractivity contribution in [3.8, 4) is 0 Å². The minimum atomic E-state index is -3.73. The van der Waals surface area contributed by atoms with Crippen molar-refractivity contribution in [2.24, 2.45) is 5.73 Å². The Labute approximate surface area is 149 Å². The van der Waals surface area contributed by atoms with Gasteiger partial charge in [0, 0.05) is 25.2 Å². The molecule has 1 atom stereocenters. The second kappa shape index (κ2) is 7.27. The van der Waals surface area contributed by atoms with Crippen LogP contribution >= 0.6 is 12.4 Å². The predicted molar refractivity (Wildman–Crippen MR) is 93.0 cm³/mol. The van der Waals surface area contributed by atoms with Crippen molar-refractivity contribution in [1.82, 2.24) is 9.03 Å². The zero-order chi connectivity index (χ0) is 16.7. The highest BCUT2D eigenvalue weighted by atomic mass is 35.5. The smallest absolute Gasteiger partial charge is 0.243 e. The fraction of sp³-hybridized carbons (Fsp3) is 0.571. The number of halogens is 1. The van der Waals surface area contributed by atoms with E-state index >= 15 is 0 Å². The monoisotopic (exact) mass is 395 g/mol. The maximum Gasteiger partial charge on any atom is 0.243 e. The zero-order valence-corrected chi connectivity index (χ0v) is 15.5. The van der Waals surface area contributed by atoms with Crippen LogP contribution in [0.5, 0.6) is 0 Å². The molecule has 10 heteroatoms. The van der Waals surface area contributed by atoms with E-state index in [9.17, 15) is 16.8 Å². The van der Waals surface area contributed by atoms with Crippen LogP contribution < -0.4 is 10.5 Å². The summed E-state index contributed by atoms with van der Waals surface area (Å²) in [7, 11) is -7.41. The summed E-state index contributed by atoms with van der Waals surface area (Å²) in [6.45, 7) is 0.682. The minimum absolute atomic E-state index is 0. The SMILES string of the molecule is Cl.NCC1CCCN1S(=O)(=O)c1cccc(S(=O)(=O)NC2CC2)c1. The molecular weight excluding hydrogens is 374 g/mol. The van der Waals surface area contributed by atoms with Gasteiger partial charge in [-0.3, -0.25) is 0 Å². The first-order chi connectivity index (χ1) is 10.8. The Kier molecular flexibility index (Phi) is 5.94. The van der Waals surface area contributed by atoms with E-state index in [2.05, 4.69) is 4.72 Å². The Balaban J connectivity index is 0.00000208. The molecule has 0 amide bonds. The number of rotatable bonds is 6. The lowest BCUT2D eigenvalue weighted by Crippen LogP contribution is -2.39. The van der Waals surface area contributed by atoms with Gasteiger partial charge < -0.3 is 5.73 Å². The van der Waals surface area contributed by atoms with E-state index in [1.807, 2.05) is 0 Å². The van der Waals surface area contributed by atoms with Crippen LogP contribution in [0.15, 0.2) is 34.1 Å². The molecule has 2 fully saturated rings. The third-order valence-electron chi connectivity index (χ3n) is 4.22. The number of nitrogens with one attached hydrogen (secondary N) is 1. The number of nitrogens with two attached hydrogens (primary N) is 1. The molecule has 1 heterocycles. The summed E-state index contributed by atoms with van der Waals surface area (Å²) in [6, 6.07) is 5.28. The van der Waals surface area contributed by atoms with E-state index in [0.717, 1.165) is 25.7 Å². The van der Waals surface area contributed by atoms with Gasteiger partial charge >= 0.3 is 0 Å². The van der Waals surface area contributed by atoms with Gasteiger partial charge in [0.1, 0.15) is 0 Å². The van der Waals surface area contributed by atoms with E-state index < -0.39 is 20.0 Å². The van der Waals surface area contributed by atoms with Crippen molar-refractivity contribution in [3.05, 3.63) is 24.3 Å². The quantitative estimate of drug-likeness (QED) is 0.735. The van der Waals surface area contributed by atoms with Crippen molar-refractivity contribution >= 4 is 32.5 Å². The van der Waals surface area contributed by atoms with Crippen LogP contribution in [0.25, 0.3) is 0 Å². The van der Waals surface area contributed by atoms with Crippen molar-refractivity contribution < 1.29 is 16.8 Å². The van der Waals surface area contributed by atoms with E-state index in [-0.39, 0.29) is 40.8 Å². The van der Waals surface area contributed by atoms with Crippen LogP contribution in [0.4, 0.5) is 0 Å². The first-order valence-corrected chi connectivity index (χ1v) is 10.6. The van der Waals surface area contributed by atoms with Crippen LogP contribution in [-0.2, 0) is 20.0 Å². The molecule has 3 N–H and O–H groups in total. The van der Waals surface area contributed by atoms with E-state index in [1.54, 1.807) is 0 Å². The molecule has 0 bridgehead atoms. The van der Waals surface area contributed by atoms with Crippen LogP contribution in [0.3, 0.4) is 0 Å². The summed E-state index contributed by atoms with van der Waals surface area (Å²) in [5.41, 5.74) is 5.65. The van der Waals surface area contributed by atoms with Gasteiger partial charge in [-0.05, 0) is 43.9 Å². The Hall–Kier alpha value is -0.710. The fourth-order valence-electron chi connectivity index (χ4n) is 2.79. The van der Waals surface area contributed by atoms with Gasteiger partial charge in [0.2, 0.25) is 20.0 Å². The molecule has 1 aliphatic heterocycles. The van der Waals surface area contributed by atoms with Gasteiger partial charge in [0.15, 0.2) is 0 Å². The largest absolute Gasteiger partial charge is 0.329 e. The molecule has 24 heavy (non-hydrogen) atoms. The van der Waals surface area contributed by atoms with Crippen LogP contribution in [0.1, 0.15) is 25.7 Å². The molecular formula is C14H22ClN3O4S2. The van der Waals surface area contributed by atoms with Gasteiger partial charge in [-0.1, -0.05) is 6.07 Å². The highest BCUT2D eigenvalue weighted by molar-refractivity contribution is 7.90. The number of benzene rings is 1. The summed E-state index contributed by atoms with van der Waals surface area (Å²) in [4.78, 5) is -0.0227. The second-order valence-corrected chi connectivity index (χ2v) is 9.62. The summed E-state index contributed by atoms with van der Waals surface area (Å²) in [5.74, 6) is 0. The highest BCUT2D eigenvalue weighted by Crippen LogP contribution is 2.27. The maximum absolute atomic E-state index is 12.8. The lowest BCUT2D eigenvalue weighted by molar-refractivity contribution is 0.393. The van der Waals surface area contributed by atoms with Gasteiger partial charge in [-0.15, -0.1) is 12.4 Å². The van der Waals surface area contributed by atoms with Crippen LogP contribution in [0, 0.1) is 0 Å². The third kappa shape index (κ3) is 3.92. The highest BCUT2D eigenvalue weighted by Gasteiger charge is 2.35. The summed E-state index contributed by atoms with van der Waals surface area (Å²) in [6.07, 6.45) is 3.14. The minimum Gasteiger partial charge on any atom is -0.329 e. The Morgan fingerprint density at radius 3 is 2.42 bits per heavy atom. The number of nitrogens with zero attached hydrogens (tertiary/aromatic N) is 1. The lowest BCUT2D eigenvalue weighted by Gasteiger charge is -2.23. The molecule has 1 aliphatic carbocycles. The average Bonchev–Trinajstić information content (AvgIpc) is 3.18. The van der Waals surface area contributed by atoms with Gasteiger partial charge in [0.05, 0.1) is 9.79 Å². The van der Waals surface area contributed by atoms with Crippen LogP contribution in [-0.4, -0.2) is 46.3 Å². The van der Waals surface area contributed by atoms with Crippen molar-refractivity contribution in [3.63, 3.8) is 0 Å². The number of hydrogen-bond acceptors (Lipinski definition) is 5. The van der Waals surface area contributed by atoms with Gasteiger partial charge in [0.25, 0.3) is 0 Å². The van der Waals surface area contributed by atoms with Crippen LogP contribution in [0.2, 0.25) is 0 Å². The van der Waals surface area contributed by atoms with Crippen molar-refractivity contribution in [1.29, 1.82) is 0 Å². The molecule has 1 saturated heterocycles. The maximum atomic E-state index is 12.8. The first kappa shape index (κ1) is 19.6.